The molecule has 0 aromatic carbocycles. The summed E-state index contributed by atoms with van der Waals surface area (Å²) in [6.45, 7) is 0. The van der Waals surface area contributed by atoms with E-state index in [-0.39, 0.29) is 18.3 Å². The number of rotatable bonds is 2. The molecule has 0 N–H and O–H groups in total. The zero-order valence-corrected chi connectivity index (χ0v) is 26.0. The molecule has 4 nitrogen and oxygen atoms in total. The van der Waals surface area contributed by atoms with Crippen LogP contribution < -0.4 is 10.6 Å². The van der Waals surface area contributed by atoms with Gasteiger partial charge in [-0.1, -0.05) is 72.9 Å². The van der Waals surface area contributed by atoms with E-state index in [1.54, 1.807) is 5.57 Å². The standard InChI is InChI=1S/C42H38N2O2/c1-5-13-35-27(9-1)31-23-32-28-10-2-6-14-36(28)44(26-18-20-42-34(22-26)30-12-4-8-16-40(30)46-42)38(32)24-37(31)43(35)25-17-19-41-33(21-25)29-11-3-7-15-39(29)45-41/h3-8,11-19,22-25,29-31,37,39-40,42H,1-2,9-10,20-21H2. The molecule has 228 valence electrons. The molecule has 0 saturated carbocycles. The lowest BCUT2D eigenvalue weighted by Crippen LogP contribution is -2.46. The van der Waals surface area contributed by atoms with Gasteiger partial charge in [0, 0.05) is 40.1 Å². The molecule has 1 aromatic rings. The maximum Gasteiger partial charge on any atom is 0.127 e. The van der Waals surface area contributed by atoms with Crippen molar-refractivity contribution >= 4 is 23.9 Å². The minimum Gasteiger partial charge on any atom is -0.485 e. The van der Waals surface area contributed by atoms with Crippen LogP contribution in [0.1, 0.15) is 43.4 Å². The van der Waals surface area contributed by atoms with E-state index < -0.39 is 0 Å². The summed E-state index contributed by atoms with van der Waals surface area (Å²) < 4.78 is 15.5. The number of nitrogens with zero attached hydrogens (tertiary/aromatic N) is 2. The molecular weight excluding hydrogens is 564 g/mol. The van der Waals surface area contributed by atoms with Gasteiger partial charge in [-0.25, -0.2) is 0 Å². The molecule has 11 rings (SSSR count). The molecule has 1 fully saturated rings. The Balaban J connectivity index is 1.04. The van der Waals surface area contributed by atoms with Crippen LogP contribution >= 0.6 is 0 Å². The predicted molar refractivity (Wildman–Crippen MR) is 183 cm³/mol. The van der Waals surface area contributed by atoms with E-state index >= 15 is 0 Å². The molecule has 0 amide bonds. The Morgan fingerprint density at radius 1 is 0.761 bits per heavy atom. The van der Waals surface area contributed by atoms with Crippen molar-refractivity contribution in [3.05, 3.63) is 141 Å². The average molecular weight is 603 g/mol. The zero-order chi connectivity index (χ0) is 29.9. The number of ether oxygens (including phenoxy) is 2. The topological polar surface area (TPSA) is 26.6 Å². The van der Waals surface area contributed by atoms with Crippen molar-refractivity contribution in [3.8, 4) is 0 Å². The highest BCUT2D eigenvalue weighted by molar-refractivity contribution is 5.72. The predicted octanol–water partition coefficient (Wildman–Crippen LogP) is 6.33. The molecule has 46 heavy (non-hydrogen) atoms. The molecule has 8 atom stereocenters. The fourth-order valence-corrected chi connectivity index (χ4v) is 10.0. The van der Waals surface area contributed by atoms with Crippen molar-refractivity contribution in [2.45, 2.75) is 68.9 Å². The number of allylic oxidation sites excluding steroid dienone is 10. The maximum atomic E-state index is 6.48. The third kappa shape index (κ3) is 3.54. The molecule has 0 spiro atoms. The van der Waals surface area contributed by atoms with Gasteiger partial charge < -0.3 is 18.9 Å². The Kier molecular flexibility index (Phi) is 5.41. The van der Waals surface area contributed by atoms with Gasteiger partial charge in [0.2, 0.25) is 0 Å². The zero-order valence-electron chi connectivity index (χ0n) is 26.0. The number of aromatic nitrogens is 1. The first-order valence-electron chi connectivity index (χ1n) is 17.5. The van der Waals surface area contributed by atoms with E-state index in [2.05, 4.69) is 119 Å². The molecule has 1 saturated heterocycles. The lowest BCUT2D eigenvalue weighted by molar-refractivity contribution is 0.0740. The summed E-state index contributed by atoms with van der Waals surface area (Å²) in [6, 6.07) is 0.606. The third-order valence-electron chi connectivity index (χ3n) is 12.1. The quantitative estimate of drug-likeness (QED) is 0.396. The van der Waals surface area contributed by atoms with Crippen LogP contribution in [0.15, 0.2) is 119 Å². The van der Waals surface area contributed by atoms with E-state index in [1.807, 2.05) is 0 Å². The Hall–Kier alpha value is -4.28. The van der Waals surface area contributed by atoms with Crippen molar-refractivity contribution in [3.63, 3.8) is 0 Å². The van der Waals surface area contributed by atoms with Gasteiger partial charge in [-0.3, -0.25) is 0 Å². The van der Waals surface area contributed by atoms with Crippen LogP contribution in [0.2, 0.25) is 0 Å². The van der Waals surface area contributed by atoms with Crippen molar-refractivity contribution in [2.24, 2.45) is 17.8 Å². The lowest BCUT2D eigenvalue weighted by atomic mass is 9.84. The summed E-state index contributed by atoms with van der Waals surface area (Å²) in [5.41, 5.74) is 10.2. The van der Waals surface area contributed by atoms with E-state index in [1.165, 1.54) is 44.4 Å². The monoisotopic (exact) mass is 602 g/mol. The smallest absolute Gasteiger partial charge is 0.127 e. The van der Waals surface area contributed by atoms with Gasteiger partial charge in [-0.2, -0.15) is 0 Å². The van der Waals surface area contributed by atoms with Crippen molar-refractivity contribution in [1.29, 1.82) is 0 Å². The van der Waals surface area contributed by atoms with Gasteiger partial charge in [-0.15, -0.1) is 0 Å². The minimum absolute atomic E-state index is 0.145. The van der Waals surface area contributed by atoms with Gasteiger partial charge in [0.15, 0.2) is 0 Å². The molecule has 0 radical (unpaired) electrons. The Bertz CT molecular complexity index is 2060. The first kappa shape index (κ1) is 25.9. The van der Waals surface area contributed by atoms with Crippen molar-refractivity contribution in [1.82, 2.24) is 9.47 Å². The van der Waals surface area contributed by atoms with Crippen molar-refractivity contribution < 1.29 is 9.47 Å². The molecule has 3 aliphatic heterocycles. The Morgan fingerprint density at radius 2 is 1.61 bits per heavy atom. The molecule has 10 aliphatic rings. The Labute approximate surface area is 270 Å². The van der Waals surface area contributed by atoms with Crippen LogP contribution in [0.3, 0.4) is 0 Å². The first-order chi connectivity index (χ1) is 22.8. The van der Waals surface area contributed by atoms with Crippen LogP contribution in [-0.4, -0.2) is 39.9 Å². The molecule has 7 aliphatic carbocycles. The summed E-state index contributed by atoms with van der Waals surface area (Å²) in [5, 5.41) is 2.86. The van der Waals surface area contributed by atoms with E-state index in [4.69, 9.17) is 9.47 Å². The summed E-state index contributed by atoms with van der Waals surface area (Å²) in [7, 11) is 0. The van der Waals surface area contributed by atoms with E-state index in [0.29, 0.717) is 29.8 Å². The fourth-order valence-electron chi connectivity index (χ4n) is 10.0. The van der Waals surface area contributed by atoms with Crippen molar-refractivity contribution in [2.75, 3.05) is 0 Å². The second-order valence-corrected chi connectivity index (χ2v) is 14.3. The largest absolute Gasteiger partial charge is 0.485 e. The second-order valence-electron chi connectivity index (χ2n) is 14.3. The fraction of sp³-hybridized carbons (Fsp3) is 0.333. The summed E-state index contributed by atoms with van der Waals surface area (Å²) in [6.07, 6.45) is 49.2. The van der Waals surface area contributed by atoms with Gasteiger partial charge in [-0.05, 0) is 97.3 Å². The SMILES string of the molecule is C1=CC2OC3CC=C(n4c5c(c6c4=CC4C(C=6)C6=C(C=CCC6)N4C4C=CC6=C(C4)C4C=CC=CC4O6)CCC=C5)C=C3C2C=C1. The number of fused-ring (bicyclic) bond motifs is 10. The molecule has 1 aromatic heterocycles. The maximum absolute atomic E-state index is 6.48. The van der Waals surface area contributed by atoms with Gasteiger partial charge in [0.05, 0.1) is 29.6 Å². The Morgan fingerprint density at radius 3 is 2.57 bits per heavy atom. The van der Waals surface area contributed by atoms with Crippen LogP contribution in [0.5, 0.6) is 0 Å². The van der Waals surface area contributed by atoms with E-state index in [9.17, 15) is 0 Å². The number of hydrogen-bond donors (Lipinski definition) is 0. The summed E-state index contributed by atoms with van der Waals surface area (Å²) in [5.74, 6) is 2.21. The highest BCUT2D eigenvalue weighted by atomic mass is 16.5. The lowest BCUT2D eigenvalue weighted by Gasteiger charge is -2.37. The highest BCUT2D eigenvalue weighted by Gasteiger charge is 2.45. The molecule has 4 heterocycles. The van der Waals surface area contributed by atoms with E-state index in [0.717, 1.165) is 44.3 Å². The first-order valence-corrected chi connectivity index (χ1v) is 17.5. The molecular formula is C42H38N2O2. The molecule has 0 bridgehead atoms. The van der Waals surface area contributed by atoms with Crippen LogP contribution in [0.4, 0.5) is 0 Å². The van der Waals surface area contributed by atoms with Crippen LogP contribution in [0, 0.1) is 17.8 Å². The second kappa shape index (κ2) is 9.62. The van der Waals surface area contributed by atoms with Gasteiger partial charge in [0.25, 0.3) is 0 Å². The van der Waals surface area contributed by atoms with Gasteiger partial charge >= 0.3 is 0 Å². The average Bonchev–Trinajstić information content (AvgIpc) is 3.84. The molecule has 8 unspecified atom stereocenters. The highest BCUT2D eigenvalue weighted by Crippen LogP contribution is 2.48. The van der Waals surface area contributed by atoms with Crippen LogP contribution in [-0.2, 0) is 15.9 Å². The van der Waals surface area contributed by atoms with Gasteiger partial charge in [0.1, 0.15) is 11.9 Å². The third-order valence-corrected chi connectivity index (χ3v) is 12.1. The number of hydrogen-bond acceptors (Lipinski definition) is 3. The summed E-state index contributed by atoms with van der Waals surface area (Å²) in [4.78, 5) is 2.77. The normalized spacial score (nSPS) is 36.5. The minimum atomic E-state index is 0.145. The summed E-state index contributed by atoms with van der Waals surface area (Å²) >= 11 is 0. The molecule has 4 heteroatoms. The van der Waals surface area contributed by atoms with Crippen LogP contribution in [0.25, 0.3) is 23.9 Å².